The number of hydrogen-bond donors (Lipinski definition) is 1. The Bertz CT molecular complexity index is 961. The molecule has 0 bridgehead atoms. The van der Waals surface area contributed by atoms with Crippen molar-refractivity contribution < 1.29 is 18.3 Å². The molecular formula is C22H25F2N3O2S. The number of nitrogens with zero attached hydrogens (tertiary/aromatic N) is 2. The molecule has 1 amide bonds. The van der Waals surface area contributed by atoms with E-state index in [2.05, 4.69) is 4.72 Å². The molecule has 0 atom stereocenters. The lowest BCUT2D eigenvalue weighted by Gasteiger charge is -2.18. The maximum atomic E-state index is 14.2. The fourth-order valence-electron chi connectivity index (χ4n) is 2.49. The van der Waals surface area contributed by atoms with Crippen molar-refractivity contribution in [3.05, 3.63) is 71.6 Å². The number of carbonyl (C=O) groups excluding carboxylic acids is 1. The Morgan fingerprint density at radius 3 is 2.40 bits per heavy atom. The molecule has 0 radical (unpaired) electrons. The van der Waals surface area contributed by atoms with Gasteiger partial charge in [0.05, 0.1) is 0 Å². The summed E-state index contributed by atoms with van der Waals surface area (Å²) in [7, 11) is 5.43. The first kappa shape index (κ1) is 23.3. The molecule has 0 aliphatic rings. The van der Waals surface area contributed by atoms with Gasteiger partial charge in [-0.05, 0) is 43.3 Å². The van der Waals surface area contributed by atoms with Crippen molar-refractivity contribution in [2.45, 2.75) is 6.92 Å². The van der Waals surface area contributed by atoms with E-state index in [1.54, 1.807) is 25.4 Å². The van der Waals surface area contributed by atoms with E-state index in [-0.39, 0.29) is 5.75 Å². The van der Waals surface area contributed by atoms with Crippen molar-refractivity contribution >= 4 is 29.6 Å². The number of halogens is 2. The maximum absolute atomic E-state index is 14.2. The number of carbonyl (C=O) groups is 1. The van der Waals surface area contributed by atoms with Gasteiger partial charge in [-0.2, -0.15) is 0 Å². The lowest BCUT2D eigenvalue weighted by atomic mass is 10.0. The summed E-state index contributed by atoms with van der Waals surface area (Å²) < 4.78 is 36.4. The van der Waals surface area contributed by atoms with E-state index in [0.717, 1.165) is 23.5 Å². The summed E-state index contributed by atoms with van der Waals surface area (Å²) in [5.41, 5.74) is 3.05. The minimum atomic E-state index is -0.803. The summed E-state index contributed by atoms with van der Waals surface area (Å²) in [6, 6.07) is 8.48. The van der Waals surface area contributed by atoms with Crippen LogP contribution >= 0.6 is 11.9 Å². The zero-order valence-electron chi connectivity index (χ0n) is 17.6. The van der Waals surface area contributed by atoms with Crippen LogP contribution in [-0.2, 0) is 4.79 Å². The van der Waals surface area contributed by atoms with Gasteiger partial charge in [-0.1, -0.05) is 11.9 Å². The van der Waals surface area contributed by atoms with E-state index < -0.39 is 11.6 Å². The minimum Gasteiger partial charge on any atom is -0.454 e. The highest BCUT2D eigenvalue weighted by molar-refractivity contribution is 7.99. The van der Waals surface area contributed by atoms with Crippen molar-refractivity contribution in [3.63, 3.8) is 0 Å². The van der Waals surface area contributed by atoms with Gasteiger partial charge in [0.1, 0.15) is 11.6 Å². The van der Waals surface area contributed by atoms with E-state index in [1.807, 2.05) is 44.3 Å². The number of nitrogens with one attached hydrogen (secondary N) is 1. The van der Waals surface area contributed by atoms with Crippen LogP contribution in [0.2, 0.25) is 0 Å². The monoisotopic (exact) mass is 433 g/mol. The zero-order chi connectivity index (χ0) is 22.3. The summed E-state index contributed by atoms with van der Waals surface area (Å²) in [6.45, 7) is 1.93. The largest absolute Gasteiger partial charge is 0.454 e. The number of ether oxygens (including phenoxy) is 1. The fourth-order valence-corrected chi connectivity index (χ4v) is 2.85. The number of rotatable bonds is 9. The second-order valence-electron chi connectivity index (χ2n) is 6.73. The predicted molar refractivity (Wildman–Crippen MR) is 119 cm³/mol. The second kappa shape index (κ2) is 10.7. The van der Waals surface area contributed by atoms with Gasteiger partial charge >= 0.3 is 0 Å². The number of anilines is 1. The SMILES string of the molecule is CSNc1ccc(Oc2ccc(F)cc2F)c(C(=C/N(C)C=O)/C=C(\C)N(C)C)c1. The first-order valence-corrected chi connectivity index (χ1v) is 10.3. The highest BCUT2D eigenvalue weighted by Crippen LogP contribution is 2.35. The van der Waals surface area contributed by atoms with Crippen LogP contribution in [0.5, 0.6) is 11.5 Å². The van der Waals surface area contributed by atoms with Crippen LogP contribution < -0.4 is 9.46 Å². The molecule has 5 nitrogen and oxygen atoms in total. The molecule has 0 aliphatic carbocycles. The Balaban J connectivity index is 2.64. The lowest BCUT2D eigenvalue weighted by molar-refractivity contribution is -0.114. The minimum absolute atomic E-state index is 0.0976. The molecule has 30 heavy (non-hydrogen) atoms. The van der Waals surface area contributed by atoms with Gasteiger partial charge in [-0.3, -0.25) is 4.79 Å². The number of hydrogen-bond acceptors (Lipinski definition) is 5. The summed E-state index contributed by atoms with van der Waals surface area (Å²) in [5.74, 6) is -1.22. The van der Waals surface area contributed by atoms with Crippen molar-refractivity contribution in [1.82, 2.24) is 9.80 Å². The van der Waals surface area contributed by atoms with Crippen LogP contribution in [0, 0.1) is 11.6 Å². The van der Waals surface area contributed by atoms with E-state index in [4.69, 9.17) is 4.74 Å². The number of allylic oxidation sites excluding steroid dienone is 3. The summed E-state index contributed by atoms with van der Waals surface area (Å²) >= 11 is 1.42. The molecule has 0 aliphatic heterocycles. The van der Waals surface area contributed by atoms with E-state index in [9.17, 15) is 13.6 Å². The molecule has 0 aromatic heterocycles. The van der Waals surface area contributed by atoms with Crippen molar-refractivity contribution in [1.29, 1.82) is 0 Å². The lowest BCUT2D eigenvalue weighted by Crippen LogP contribution is -2.10. The van der Waals surface area contributed by atoms with E-state index in [1.165, 1.54) is 22.9 Å². The summed E-state index contributed by atoms with van der Waals surface area (Å²) in [5, 5.41) is 0. The highest BCUT2D eigenvalue weighted by Gasteiger charge is 2.14. The molecule has 160 valence electrons. The Kier molecular flexibility index (Phi) is 8.29. The first-order chi connectivity index (χ1) is 14.2. The Morgan fingerprint density at radius 2 is 1.80 bits per heavy atom. The molecule has 0 spiro atoms. The predicted octanol–water partition coefficient (Wildman–Crippen LogP) is 5.34. The third-order valence-electron chi connectivity index (χ3n) is 4.20. The molecule has 0 fully saturated rings. The quantitative estimate of drug-likeness (QED) is 0.328. The van der Waals surface area contributed by atoms with E-state index in [0.29, 0.717) is 23.3 Å². The van der Waals surface area contributed by atoms with Gasteiger partial charge < -0.3 is 19.3 Å². The molecular weight excluding hydrogens is 408 g/mol. The Morgan fingerprint density at radius 1 is 1.10 bits per heavy atom. The van der Waals surface area contributed by atoms with Crippen LogP contribution in [0.3, 0.4) is 0 Å². The topological polar surface area (TPSA) is 44.8 Å². The van der Waals surface area contributed by atoms with Crippen molar-refractivity contribution in [3.8, 4) is 11.5 Å². The van der Waals surface area contributed by atoms with Crippen LogP contribution in [0.1, 0.15) is 12.5 Å². The van der Waals surface area contributed by atoms with Gasteiger partial charge in [0.25, 0.3) is 0 Å². The number of benzene rings is 2. The molecule has 0 unspecified atom stereocenters. The van der Waals surface area contributed by atoms with Crippen LogP contribution in [0.15, 0.2) is 54.4 Å². The zero-order valence-corrected chi connectivity index (χ0v) is 18.4. The van der Waals surface area contributed by atoms with Crippen LogP contribution in [0.25, 0.3) is 5.57 Å². The highest BCUT2D eigenvalue weighted by atomic mass is 32.2. The first-order valence-electron chi connectivity index (χ1n) is 9.06. The van der Waals surface area contributed by atoms with Crippen LogP contribution in [0.4, 0.5) is 14.5 Å². The Hall–Kier alpha value is -3.00. The molecule has 1 N–H and O–H groups in total. The summed E-state index contributed by atoms with van der Waals surface area (Å²) in [4.78, 5) is 14.5. The molecule has 2 aromatic rings. The number of amides is 1. The van der Waals surface area contributed by atoms with Crippen molar-refractivity contribution in [2.75, 3.05) is 32.1 Å². The molecule has 2 aromatic carbocycles. The maximum Gasteiger partial charge on any atom is 0.213 e. The molecule has 2 rings (SSSR count). The van der Waals surface area contributed by atoms with Gasteiger partial charge in [-0.15, -0.1) is 0 Å². The average molecular weight is 434 g/mol. The van der Waals surface area contributed by atoms with Crippen molar-refractivity contribution in [2.24, 2.45) is 0 Å². The average Bonchev–Trinajstić information content (AvgIpc) is 2.70. The third-order valence-corrected chi connectivity index (χ3v) is 4.64. The van der Waals surface area contributed by atoms with Gasteiger partial charge in [-0.25, -0.2) is 8.78 Å². The molecule has 0 saturated carbocycles. The van der Waals surface area contributed by atoms with E-state index >= 15 is 0 Å². The third kappa shape index (κ3) is 6.25. The standard InChI is InChI=1S/C22H25F2N3O2S/c1-15(26(2)3)10-16(13-27(4)14-28)19-12-18(25-30-5)7-9-21(19)29-22-8-6-17(23)11-20(22)24/h6-14,25H,1-5H3/b15-10+,16-13+. The van der Waals surface area contributed by atoms with Crippen LogP contribution in [-0.4, -0.2) is 43.6 Å². The second-order valence-corrected chi connectivity index (χ2v) is 7.34. The Labute approximate surface area is 180 Å². The molecule has 0 heterocycles. The van der Waals surface area contributed by atoms with Gasteiger partial charge in [0.2, 0.25) is 6.41 Å². The fraction of sp³-hybridized carbons (Fsp3) is 0.227. The summed E-state index contributed by atoms with van der Waals surface area (Å²) in [6.07, 6.45) is 6.13. The molecule has 8 heteroatoms. The molecule has 0 saturated heterocycles. The van der Waals surface area contributed by atoms with Gasteiger partial charge in [0, 0.05) is 62.2 Å². The smallest absolute Gasteiger partial charge is 0.213 e. The van der Waals surface area contributed by atoms with Gasteiger partial charge in [0.15, 0.2) is 11.6 Å². The normalized spacial score (nSPS) is 11.8.